The number of aromatic nitrogens is 4. The molecule has 0 aliphatic heterocycles. The first-order valence-corrected chi connectivity index (χ1v) is 7.55. The monoisotopic (exact) mass is 318 g/mol. The average Bonchev–Trinajstić information content (AvgIpc) is 3.04. The van der Waals surface area contributed by atoms with Gasteiger partial charge in [0.25, 0.3) is 0 Å². The Bertz CT molecular complexity index is 1060. The Labute approximate surface area is 137 Å². The van der Waals surface area contributed by atoms with E-state index < -0.39 is 5.97 Å². The number of carbonyl (C=O) groups excluding carboxylic acids is 1. The second-order valence-electron chi connectivity index (χ2n) is 5.44. The van der Waals surface area contributed by atoms with Crippen LogP contribution in [0, 0.1) is 6.92 Å². The molecule has 24 heavy (non-hydrogen) atoms. The van der Waals surface area contributed by atoms with Gasteiger partial charge in [-0.2, -0.15) is 5.10 Å². The van der Waals surface area contributed by atoms with Gasteiger partial charge in [-0.05, 0) is 25.1 Å². The number of benzene rings is 2. The summed E-state index contributed by atoms with van der Waals surface area (Å²) in [6.45, 7) is 1.91. The third kappa shape index (κ3) is 2.48. The number of aromatic amines is 1. The van der Waals surface area contributed by atoms with Gasteiger partial charge in [0.1, 0.15) is 6.61 Å². The fourth-order valence-electron chi connectivity index (χ4n) is 2.58. The van der Waals surface area contributed by atoms with Crippen molar-refractivity contribution < 1.29 is 9.53 Å². The van der Waals surface area contributed by atoms with Crippen LogP contribution in [0.3, 0.4) is 0 Å². The quantitative estimate of drug-likeness (QED) is 0.587. The molecule has 4 rings (SSSR count). The van der Waals surface area contributed by atoms with Gasteiger partial charge in [-0.3, -0.25) is 5.10 Å². The van der Waals surface area contributed by atoms with Crippen molar-refractivity contribution in [1.29, 1.82) is 0 Å². The van der Waals surface area contributed by atoms with Gasteiger partial charge in [-0.15, -0.1) is 0 Å². The second kappa shape index (κ2) is 5.73. The first kappa shape index (κ1) is 14.3. The van der Waals surface area contributed by atoms with E-state index in [2.05, 4.69) is 20.2 Å². The number of H-pyrrole nitrogens is 1. The first-order valence-electron chi connectivity index (χ1n) is 7.55. The topological polar surface area (TPSA) is 80.8 Å². The van der Waals surface area contributed by atoms with Crippen molar-refractivity contribution in [3.05, 3.63) is 65.6 Å². The predicted molar refractivity (Wildman–Crippen MR) is 89.5 cm³/mol. The highest BCUT2D eigenvalue weighted by molar-refractivity contribution is 6.01. The highest BCUT2D eigenvalue weighted by atomic mass is 16.5. The van der Waals surface area contributed by atoms with E-state index in [1.165, 1.54) is 0 Å². The van der Waals surface area contributed by atoms with Gasteiger partial charge in [-0.25, -0.2) is 14.8 Å². The van der Waals surface area contributed by atoms with Gasteiger partial charge in [0.15, 0.2) is 5.69 Å². The van der Waals surface area contributed by atoms with Gasteiger partial charge in [-0.1, -0.05) is 30.3 Å². The number of hydrogen-bond donors (Lipinski definition) is 1. The largest absolute Gasteiger partial charge is 0.454 e. The lowest BCUT2D eigenvalue weighted by Crippen LogP contribution is -2.09. The Kier molecular flexibility index (Phi) is 3.42. The van der Waals surface area contributed by atoms with Crippen LogP contribution in [-0.2, 0) is 11.3 Å². The fraction of sp³-hybridized carbons (Fsp3) is 0.111. The number of carbonyl (C=O) groups is 1. The molecule has 0 aliphatic carbocycles. The number of nitrogens with zero attached hydrogens (tertiary/aromatic N) is 3. The fourth-order valence-corrected chi connectivity index (χ4v) is 2.58. The van der Waals surface area contributed by atoms with E-state index in [0.29, 0.717) is 5.69 Å². The van der Waals surface area contributed by atoms with Crippen LogP contribution >= 0.6 is 0 Å². The molecule has 0 atom stereocenters. The molecule has 0 fully saturated rings. The molecule has 118 valence electrons. The van der Waals surface area contributed by atoms with Gasteiger partial charge < -0.3 is 4.74 Å². The normalized spacial score (nSPS) is 11.0. The van der Waals surface area contributed by atoms with Crippen LogP contribution in [0.4, 0.5) is 0 Å². The second-order valence-corrected chi connectivity index (χ2v) is 5.44. The summed E-state index contributed by atoms with van der Waals surface area (Å²) in [5.74, 6) is -0.484. The summed E-state index contributed by atoms with van der Waals surface area (Å²) in [6.07, 6.45) is 0. The maximum absolute atomic E-state index is 12.3. The van der Waals surface area contributed by atoms with Crippen molar-refractivity contribution >= 4 is 27.9 Å². The van der Waals surface area contributed by atoms with Crippen LogP contribution in [0.25, 0.3) is 21.9 Å². The lowest BCUT2D eigenvalue weighted by atomic mass is 10.2. The number of hydrogen-bond acceptors (Lipinski definition) is 5. The van der Waals surface area contributed by atoms with Gasteiger partial charge in [0.2, 0.25) is 0 Å². The zero-order chi connectivity index (χ0) is 16.5. The summed E-state index contributed by atoms with van der Waals surface area (Å²) in [7, 11) is 0. The molecule has 0 aliphatic rings. The van der Waals surface area contributed by atoms with Gasteiger partial charge in [0.05, 0.1) is 27.9 Å². The SMILES string of the molecule is Cc1nc2ccccc2nc1COC(=O)c1n[nH]c2ccccc12. The lowest BCUT2D eigenvalue weighted by Gasteiger charge is -2.07. The molecule has 0 bridgehead atoms. The van der Waals surface area contributed by atoms with Crippen molar-refractivity contribution in [2.24, 2.45) is 0 Å². The maximum atomic E-state index is 12.3. The van der Waals surface area contributed by atoms with E-state index in [9.17, 15) is 4.79 Å². The van der Waals surface area contributed by atoms with Crippen LogP contribution in [-0.4, -0.2) is 26.1 Å². The minimum atomic E-state index is -0.484. The van der Waals surface area contributed by atoms with E-state index in [-0.39, 0.29) is 12.3 Å². The highest BCUT2D eigenvalue weighted by Gasteiger charge is 2.16. The minimum absolute atomic E-state index is 0.0592. The standard InChI is InChI=1S/C18H14N4O2/c1-11-16(20-15-9-5-4-8-14(15)19-11)10-24-18(23)17-12-6-2-3-7-13(12)21-22-17/h2-9H,10H2,1H3,(H,21,22). The highest BCUT2D eigenvalue weighted by Crippen LogP contribution is 2.17. The zero-order valence-corrected chi connectivity index (χ0v) is 13.0. The number of nitrogens with one attached hydrogen (secondary N) is 1. The third-order valence-corrected chi connectivity index (χ3v) is 3.85. The minimum Gasteiger partial charge on any atom is -0.454 e. The summed E-state index contributed by atoms with van der Waals surface area (Å²) < 4.78 is 5.39. The Hall–Kier alpha value is -3.28. The van der Waals surface area contributed by atoms with Gasteiger partial charge >= 0.3 is 5.97 Å². The molecule has 0 saturated carbocycles. The molecule has 0 spiro atoms. The molecule has 0 radical (unpaired) electrons. The van der Waals surface area contributed by atoms with Crippen LogP contribution in [0.5, 0.6) is 0 Å². The predicted octanol–water partition coefficient (Wildman–Crippen LogP) is 3.17. The first-order chi connectivity index (χ1) is 11.7. The van der Waals surface area contributed by atoms with Gasteiger partial charge in [0, 0.05) is 5.39 Å². The van der Waals surface area contributed by atoms with Crippen LogP contribution in [0.2, 0.25) is 0 Å². The summed E-state index contributed by atoms with van der Waals surface area (Å²) in [5.41, 5.74) is 4.06. The maximum Gasteiger partial charge on any atom is 0.359 e. The van der Waals surface area contributed by atoms with Crippen molar-refractivity contribution in [2.45, 2.75) is 13.5 Å². The van der Waals surface area contributed by atoms with Crippen LogP contribution in [0.15, 0.2) is 48.5 Å². The molecule has 6 heteroatoms. The molecule has 1 N–H and O–H groups in total. The van der Waals surface area contributed by atoms with E-state index in [1.807, 2.05) is 55.5 Å². The molecule has 0 saturated heterocycles. The van der Waals surface area contributed by atoms with Crippen LogP contribution < -0.4 is 0 Å². The summed E-state index contributed by atoms with van der Waals surface area (Å²) in [6, 6.07) is 15.0. The van der Waals surface area contributed by atoms with E-state index in [1.54, 1.807) is 0 Å². The molecule has 2 aromatic heterocycles. The molecule has 0 amide bonds. The number of para-hydroxylation sites is 3. The Morgan fingerprint density at radius 2 is 1.75 bits per heavy atom. The number of rotatable bonds is 3. The summed E-state index contributed by atoms with van der Waals surface area (Å²) >= 11 is 0. The Morgan fingerprint density at radius 1 is 1.04 bits per heavy atom. The molecule has 6 nitrogen and oxygen atoms in total. The van der Waals surface area contributed by atoms with Crippen molar-refractivity contribution in [3.8, 4) is 0 Å². The van der Waals surface area contributed by atoms with Crippen LogP contribution in [0.1, 0.15) is 21.9 Å². The molecule has 0 unspecified atom stereocenters. The van der Waals surface area contributed by atoms with Crippen molar-refractivity contribution in [2.75, 3.05) is 0 Å². The molecular formula is C18H14N4O2. The Morgan fingerprint density at radius 3 is 2.58 bits per heavy atom. The molecule has 2 aromatic carbocycles. The number of esters is 1. The lowest BCUT2D eigenvalue weighted by molar-refractivity contribution is 0.0462. The van der Waals surface area contributed by atoms with E-state index in [0.717, 1.165) is 27.6 Å². The zero-order valence-electron chi connectivity index (χ0n) is 13.0. The van der Waals surface area contributed by atoms with E-state index in [4.69, 9.17) is 4.74 Å². The number of aryl methyl sites for hydroxylation is 1. The average molecular weight is 318 g/mol. The van der Waals surface area contributed by atoms with E-state index >= 15 is 0 Å². The van der Waals surface area contributed by atoms with Crippen molar-refractivity contribution in [3.63, 3.8) is 0 Å². The molecule has 4 aromatic rings. The third-order valence-electron chi connectivity index (χ3n) is 3.85. The summed E-state index contributed by atoms with van der Waals surface area (Å²) in [5, 5.41) is 7.61. The smallest absolute Gasteiger partial charge is 0.359 e. The molecule has 2 heterocycles. The van der Waals surface area contributed by atoms with Crippen molar-refractivity contribution in [1.82, 2.24) is 20.2 Å². The summed E-state index contributed by atoms with van der Waals surface area (Å²) in [4.78, 5) is 21.3. The molecular weight excluding hydrogens is 304 g/mol. The Balaban J connectivity index is 1.58. The number of ether oxygens (including phenoxy) is 1. The number of fused-ring (bicyclic) bond motifs is 2.